The fourth-order valence-corrected chi connectivity index (χ4v) is 2.17. The van der Waals surface area contributed by atoms with Gasteiger partial charge in [-0.3, -0.25) is 11.3 Å². The minimum atomic E-state index is 0.591. The Balaban J connectivity index is 1.91. The minimum Gasteiger partial charge on any atom is -0.477 e. The Kier molecular flexibility index (Phi) is 4.13. The highest BCUT2D eigenvalue weighted by Gasteiger charge is 2.16. The summed E-state index contributed by atoms with van der Waals surface area (Å²) in [7, 11) is 0. The summed E-state index contributed by atoms with van der Waals surface area (Å²) in [5.41, 5.74) is 3.65. The Bertz CT molecular complexity index is 324. The van der Waals surface area contributed by atoms with Crippen molar-refractivity contribution in [3.63, 3.8) is 0 Å². The predicted molar refractivity (Wildman–Crippen MR) is 62.7 cm³/mol. The monoisotopic (exact) mass is 221 g/mol. The van der Waals surface area contributed by atoms with Crippen LogP contribution in [-0.4, -0.2) is 11.6 Å². The molecule has 16 heavy (non-hydrogen) atoms. The molecular formula is C12H19N3O. The van der Waals surface area contributed by atoms with Gasteiger partial charge in [-0.15, -0.1) is 0 Å². The van der Waals surface area contributed by atoms with E-state index in [9.17, 15) is 0 Å². The molecule has 0 radical (unpaired) electrons. The zero-order valence-corrected chi connectivity index (χ0v) is 9.48. The van der Waals surface area contributed by atoms with Gasteiger partial charge >= 0.3 is 0 Å². The van der Waals surface area contributed by atoms with Crippen molar-refractivity contribution in [3.05, 3.63) is 23.9 Å². The first kappa shape index (κ1) is 11.4. The third-order valence-corrected chi connectivity index (χ3v) is 3.07. The molecule has 4 heteroatoms. The van der Waals surface area contributed by atoms with Crippen LogP contribution in [0, 0.1) is 5.92 Å². The molecule has 0 amide bonds. The summed E-state index contributed by atoms with van der Waals surface area (Å²) in [5.74, 6) is 6.74. The number of pyridine rings is 1. The Labute approximate surface area is 96.2 Å². The molecule has 3 N–H and O–H groups in total. The van der Waals surface area contributed by atoms with Crippen LogP contribution in [0.4, 0.5) is 0 Å². The lowest BCUT2D eigenvalue weighted by Gasteiger charge is -2.13. The van der Waals surface area contributed by atoms with Crippen molar-refractivity contribution in [1.29, 1.82) is 0 Å². The Hall–Kier alpha value is -1.13. The summed E-state index contributed by atoms with van der Waals surface area (Å²) >= 11 is 0. The lowest BCUT2D eigenvalue weighted by molar-refractivity contribution is 0.241. The van der Waals surface area contributed by atoms with Gasteiger partial charge in [0.05, 0.1) is 6.61 Å². The number of hydrogen-bond acceptors (Lipinski definition) is 4. The molecule has 0 aromatic carbocycles. The smallest absolute Gasteiger partial charge is 0.217 e. The summed E-state index contributed by atoms with van der Waals surface area (Å²) in [6.07, 6.45) is 7.01. The van der Waals surface area contributed by atoms with Gasteiger partial charge in [-0.2, -0.15) is 0 Å². The lowest BCUT2D eigenvalue weighted by atomic mass is 10.1. The van der Waals surface area contributed by atoms with Gasteiger partial charge in [-0.05, 0) is 24.8 Å². The quantitative estimate of drug-likeness (QED) is 0.586. The molecule has 1 saturated carbocycles. The van der Waals surface area contributed by atoms with E-state index in [2.05, 4.69) is 10.4 Å². The van der Waals surface area contributed by atoms with Gasteiger partial charge < -0.3 is 4.74 Å². The van der Waals surface area contributed by atoms with Crippen LogP contribution in [0.2, 0.25) is 0 Å². The van der Waals surface area contributed by atoms with Crippen LogP contribution < -0.4 is 16.0 Å². The average Bonchev–Trinajstić information content (AvgIpc) is 2.81. The van der Waals surface area contributed by atoms with Gasteiger partial charge in [0, 0.05) is 18.3 Å². The molecular weight excluding hydrogens is 202 g/mol. The molecule has 0 atom stereocenters. The summed E-state index contributed by atoms with van der Waals surface area (Å²) in [4.78, 5) is 4.24. The van der Waals surface area contributed by atoms with Gasteiger partial charge in [0.2, 0.25) is 5.88 Å². The number of rotatable bonds is 5. The molecule has 0 aliphatic heterocycles. The molecule has 1 heterocycles. The fourth-order valence-electron chi connectivity index (χ4n) is 2.17. The topological polar surface area (TPSA) is 60.2 Å². The number of nitrogens with zero attached hydrogens (tertiary/aromatic N) is 1. The molecule has 1 aromatic heterocycles. The van der Waals surface area contributed by atoms with Crippen molar-refractivity contribution in [2.45, 2.75) is 32.2 Å². The van der Waals surface area contributed by atoms with Crippen molar-refractivity contribution >= 4 is 0 Å². The SMILES string of the molecule is NNCc1cccnc1OCC1CCCC1. The highest BCUT2D eigenvalue weighted by Crippen LogP contribution is 2.25. The highest BCUT2D eigenvalue weighted by molar-refractivity contribution is 5.25. The zero-order valence-electron chi connectivity index (χ0n) is 9.48. The Morgan fingerprint density at radius 2 is 2.25 bits per heavy atom. The number of hydrogen-bond donors (Lipinski definition) is 2. The first-order chi connectivity index (χ1) is 7.90. The van der Waals surface area contributed by atoms with Crippen LogP contribution >= 0.6 is 0 Å². The maximum absolute atomic E-state index is 5.77. The summed E-state index contributed by atoms with van der Waals surface area (Å²) in [6.45, 7) is 1.38. The normalized spacial score (nSPS) is 16.6. The second-order valence-corrected chi connectivity index (χ2v) is 4.31. The van der Waals surface area contributed by atoms with Gasteiger partial charge in [0.25, 0.3) is 0 Å². The summed E-state index contributed by atoms with van der Waals surface area (Å²) < 4.78 is 5.77. The van der Waals surface area contributed by atoms with Crippen molar-refractivity contribution in [3.8, 4) is 5.88 Å². The number of nitrogens with one attached hydrogen (secondary N) is 1. The molecule has 88 valence electrons. The zero-order chi connectivity index (χ0) is 11.2. The molecule has 0 spiro atoms. The summed E-state index contributed by atoms with van der Waals surface area (Å²) in [5, 5.41) is 0. The van der Waals surface area contributed by atoms with Gasteiger partial charge in [-0.1, -0.05) is 18.9 Å². The fraction of sp³-hybridized carbons (Fsp3) is 0.583. The van der Waals surface area contributed by atoms with Crippen LogP contribution in [-0.2, 0) is 6.54 Å². The second kappa shape index (κ2) is 5.82. The third kappa shape index (κ3) is 2.93. The second-order valence-electron chi connectivity index (χ2n) is 4.31. The Morgan fingerprint density at radius 3 is 3.00 bits per heavy atom. The molecule has 1 fully saturated rings. The molecule has 2 rings (SSSR count). The third-order valence-electron chi connectivity index (χ3n) is 3.07. The standard InChI is InChI=1S/C12H19N3O/c13-15-8-11-6-3-7-14-12(11)16-9-10-4-1-2-5-10/h3,6-7,10,15H,1-2,4-5,8-9,13H2. The summed E-state index contributed by atoms with van der Waals surface area (Å²) in [6, 6.07) is 3.88. The first-order valence-electron chi connectivity index (χ1n) is 5.90. The minimum absolute atomic E-state index is 0.591. The molecule has 0 unspecified atom stereocenters. The number of ether oxygens (including phenoxy) is 1. The average molecular weight is 221 g/mol. The molecule has 1 aliphatic rings. The van der Waals surface area contributed by atoms with E-state index in [1.54, 1.807) is 6.20 Å². The van der Waals surface area contributed by atoms with Crippen LogP contribution in [0.3, 0.4) is 0 Å². The van der Waals surface area contributed by atoms with Crippen LogP contribution in [0.15, 0.2) is 18.3 Å². The van der Waals surface area contributed by atoms with Crippen molar-refractivity contribution in [1.82, 2.24) is 10.4 Å². The number of nitrogens with two attached hydrogens (primary N) is 1. The van der Waals surface area contributed by atoms with E-state index in [4.69, 9.17) is 10.6 Å². The van der Waals surface area contributed by atoms with Crippen molar-refractivity contribution < 1.29 is 4.74 Å². The molecule has 1 aliphatic carbocycles. The van der Waals surface area contributed by atoms with Gasteiger partial charge in [0.15, 0.2) is 0 Å². The largest absolute Gasteiger partial charge is 0.477 e. The van der Waals surface area contributed by atoms with E-state index >= 15 is 0 Å². The van der Waals surface area contributed by atoms with Gasteiger partial charge in [0.1, 0.15) is 0 Å². The van der Waals surface area contributed by atoms with Crippen LogP contribution in [0.5, 0.6) is 5.88 Å². The van der Waals surface area contributed by atoms with E-state index in [0.29, 0.717) is 18.3 Å². The first-order valence-corrected chi connectivity index (χ1v) is 5.90. The molecule has 0 saturated heterocycles. The van der Waals surface area contributed by atoms with E-state index < -0.39 is 0 Å². The van der Waals surface area contributed by atoms with Crippen LogP contribution in [0.1, 0.15) is 31.2 Å². The maximum atomic E-state index is 5.77. The lowest BCUT2D eigenvalue weighted by Crippen LogP contribution is -2.22. The van der Waals surface area contributed by atoms with E-state index in [0.717, 1.165) is 12.2 Å². The Morgan fingerprint density at radius 1 is 1.44 bits per heavy atom. The van der Waals surface area contributed by atoms with E-state index in [1.807, 2.05) is 12.1 Å². The van der Waals surface area contributed by atoms with E-state index in [1.165, 1.54) is 25.7 Å². The predicted octanol–water partition coefficient (Wildman–Crippen LogP) is 1.61. The molecule has 0 bridgehead atoms. The molecule has 1 aromatic rings. The van der Waals surface area contributed by atoms with Crippen LogP contribution in [0.25, 0.3) is 0 Å². The van der Waals surface area contributed by atoms with Gasteiger partial charge in [-0.25, -0.2) is 4.98 Å². The number of aromatic nitrogens is 1. The molecule has 4 nitrogen and oxygen atoms in total. The maximum Gasteiger partial charge on any atom is 0.217 e. The number of hydrazine groups is 1. The van der Waals surface area contributed by atoms with Crippen molar-refractivity contribution in [2.24, 2.45) is 11.8 Å². The van der Waals surface area contributed by atoms with E-state index in [-0.39, 0.29) is 0 Å². The van der Waals surface area contributed by atoms with Crippen molar-refractivity contribution in [2.75, 3.05) is 6.61 Å². The highest BCUT2D eigenvalue weighted by atomic mass is 16.5.